The van der Waals surface area contributed by atoms with Crippen LogP contribution in [0.2, 0.25) is 0 Å². The van der Waals surface area contributed by atoms with Gasteiger partial charge in [-0.1, -0.05) is 231 Å². The maximum atomic E-state index is 10.6. The molecule has 2 rings (SSSR count). The van der Waals surface area contributed by atoms with E-state index in [2.05, 4.69) is 13.8 Å². The van der Waals surface area contributed by atoms with Crippen molar-refractivity contribution in [2.24, 2.45) is 0 Å². The van der Waals surface area contributed by atoms with Crippen LogP contribution in [0.3, 0.4) is 0 Å². The maximum absolute atomic E-state index is 10.6. The molecule has 0 saturated heterocycles. The first kappa shape index (κ1) is 54.1. The first-order chi connectivity index (χ1) is 29.6. The molecule has 0 heterocycles. The van der Waals surface area contributed by atoms with Crippen molar-refractivity contribution in [1.82, 2.24) is 0 Å². The molecule has 7 heteroatoms. The largest absolute Gasteiger partial charge is 0.493 e. The second kappa shape index (κ2) is 39.8. The number of aliphatic hydroxyl groups excluding tert-OH is 2. The molecule has 2 N–H and O–H groups in total. The van der Waals surface area contributed by atoms with Gasteiger partial charge in [0.2, 0.25) is 0 Å². The van der Waals surface area contributed by atoms with Crippen molar-refractivity contribution in [3.8, 4) is 17.2 Å². The van der Waals surface area contributed by atoms with Gasteiger partial charge in [0.1, 0.15) is 31.2 Å². The highest BCUT2D eigenvalue weighted by atomic mass is 16.5. The minimum absolute atomic E-state index is 0.0922. The van der Waals surface area contributed by atoms with E-state index in [1.165, 1.54) is 193 Å². The molecule has 348 valence electrons. The second-order valence-electron chi connectivity index (χ2n) is 17.6. The van der Waals surface area contributed by atoms with Crippen LogP contribution in [0.15, 0.2) is 30.3 Å². The molecule has 2 aromatic carbocycles. The first-order valence-corrected chi connectivity index (χ1v) is 25.5. The number of rotatable bonds is 45. The summed E-state index contributed by atoms with van der Waals surface area (Å²) in [6, 6.07) is 9.61. The van der Waals surface area contributed by atoms with Crippen molar-refractivity contribution in [3.63, 3.8) is 0 Å². The Hall–Kier alpha value is -2.06. The zero-order valence-corrected chi connectivity index (χ0v) is 39.3. The van der Waals surface area contributed by atoms with Gasteiger partial charge in [-0.25, -0.2) is 0 Å². The van der Waals surface area contributed by atoms with Crippen LogP contribution in [0.25, 0.3) is 10.8 Å². The van der Waals surface area contributed by atoms with Gasteiger partial charge in [-0.05, 0) is 12.8 Å². The lowest BCUT2D eigenvalue weighted by Gasteiger charge is -2.19. The minimum atomic E-state index is -0.750. The lowest BCUT2D eigenvalue weighted by atomic mass is 10.0. The van der Waals surface area contributed by atoms with Gasteiger partial charge in [-0.2, -0.15) is 0 Å². The normalized spacial score (nSPS) is 12.6. The van der Waals surface area contributed by atoms with E-state index in [-0.39, 0.29) is 26.4 Å². The summed E-state index contributed by atoms with van der Waals surface area (Å²) in [5.74, 6) is 1.67. The van der Waals surface area contributed by atoms with Crippen molar-refractivity contribution in [2.75, 3.05) is 46.8 Å². The number of aliphatic hydroxyl groups is 2. The number of hydrogen-bond acceptors (Lipinski definition) is 7. The third-order valence-electron chi connectivity index (χ3n) is 11.9. The Bertz CT molecular complexity index is 1220. The summed E-state index contributed by atoms with van der Waals surface area (Å²) in [5, 5.41) is 22.9. The minimum Gasteiger partial charge on any atom is -0.493 e. The molecular formula is C53H94O7. The number of methoxy groups -OCH3 is 1. The number of benzene rings is 2. The third-order valence-corrected chi connectivity index (χ3v) is 11.9. The molecule has 0 radical (unpaired) electrons. The first-order valence-electron chi connectivity index (χ1n) is 25.5. The highest BCUT2D eigenvalue weighted by molar-refractivity contribution is 5.95. The monoisotopic (exact) mass is 843 g/mol. The van der Waals surface area contributed by atoms with Gasteiger partial charge in [0.15, 0.2) is 11.5 Å². The fourth-order valence-electron chi connectivity index (χ4n) is 8.12. The van der Waals surface area contributed by atoms with Gasteiger partial charge in [0.05, 0.1) is 20.3 Å². The molecule has 60 heavy (non-hydrogen) atoms. The quantitative estimate of drug-likeness (QED) is 0.0642. The molecule has 0 aliphatic carbocycles. The third kappa shape index (κ3) is 28.5. The van der Waals surface area contributed by atoms with E-state index in [4.69, 9.17) is 23.7 Å². The van der Waals surface area contributed by atoms with Crippen LogP contribution in [0.4, 0.5) is 0 Å². The molecule has 0 aliphatic rings. The standard InChI is InChI=1S/C53H94O7/c1-4-6-8-10-12-14-16-18-20-22-24-26-28-30-32-36-40-57-43-47(54)45-59-51-42-52(56-3)53(50-39-35-34-38-49(50)51)60-46-48(55)44-58-41-37-33-31-29-27-25-23-21-19-17-15-13-11-9-7-5-2/h34-35,38-39,42,47-48,54-55H,4-33,36-37,40-41,43-46H2,1-3H3. The van der Waals surface area contributed by atoms with Crippen LogP contribution in [0, 0.1) is 0 Å². The summed E-state index contributed by atoms with van der Waals surface area (Å²) >= 11 is 0. The zero-order chi connectivity index (χ0) is 43.0. The predicted molar refractivity (Wildman–Crippen MR) is 254 cm³/mol. The average Bonchev–Trinajstić information content (AvgIpc) is 3.26. The predicted octanol–water partition coefficient (Wildman–Crippen LogP) is 14.9. The smallest absolute Gasteiger partial charge is 0.169 e. The molecule has 0 amide bonds. The van der Waals surface area contributed by atoms with Gasteiger partial charge in [-0.3, -0.25) is 0 Å². The topological polar surface area (TPSA) is 86.6 Å². The van der Waals surface area contributed by atoms with Crippen LogP contribution in [-0.2, 0) is 9.47 Å². The van der Waals surface area contributed by atoms with Gasteiger partial charge < -0.3 is 33.9 Å². The van der Waals surface area contributed by atoms with Crippen molar-refractivity contribution >= 4 is 10.8 Å². The van der Waals surface area contributed by atoms with Gasteiger partial charge in [0, 0.05) is 30.1 Å². The summed E-state index contributed by atoms with van der Waals surface area (Å²) in [6.07, 6.45) is 41.6. The number of fused-ring (bicyclic) bond motifs is 1. The highest BCUT2D eigenvalue weighted by Gasteiger charge is 2.18. The lowest BCUT2D eigenvalue weighted by Crippen LogP contribution is -2.24. The zero-order valence-electron chi connectivity index (χ0n) is 39.3. The van der Waals surface area contributed by atoms with Crippen molar-refractivity contribution in [1.29, 1.82) is 0 Å². The molecule has 0 bridgehead atoms. The Morgan fingerprint density at radius 2 is 0.733 bits per heavy atom. The van der Waals surface area contributed by atoms with Gasteiger partial charge >= 0.3 is 0 Å². The van der Waals surface area contributed by atoms with Crippen LogP contribution >= 0.6 is 0 Å². The van der Waals surface area contributed by atoms with E-state index in [0.29, 0.717) is 30.5 Å². The van der Waals surface area contributed by atoms with E-state index in [9.17, 15) is 10.2 Å². The van der Waals surface area contributed by atoms with Gasteiger partial charge in [-0.15, -0.1) is 0 Å². The summed E-state index contributed by atoms with van der Waals surface area (Å²) < 4.78 is 29.5. The van der Waals surface area contributed by atoms with E-state index in [0.717, 1.165) is 23.6 Å². The SMILES string of the molecule is CCCCCCCCCCCCCCCCCCOCC(O)COc1cc(OC)c(OCC(O)COCCCCCCCCCCCCCCCCCC)c2ccccc12. The van der Waals surface area contributed by atoms with E-state index >= 15 is 0 Å². The van der Waals surface area contributed by atoms with Crippen molar-refractivity contribution < 1.29 is 33.9 Å². The molecule has 2 unspecified atom stereocenters. The Morgan fingerprint density at radius 3 is 1.10 bits per heavy atom. The van der Waals surface area contributed by atoms with E-state index in [1.807, 2.05) is 24.3 Å². The van der Waals surface area contributed by atoms with Crippen molar-refractivity contribution in [2.45, 2.75) is 232 Å². The van der Waals surface area contributed by atoms with Crippen molar-refractivity contribution in [3.05, 3.63) is 30.3 Å². The molecule has 2 atom stereocenters. The average molecular weight is 843 g/mol. The Balaban J connectivity index is 1.52. The fourth-order valence-corrected chi connectivity index (χ4v) is 8.12. The molecular weight excluding hydrogens is 749 g/mol. The summed E-state index contributed by atoms with van der Waals surface area (Å²) in [6.45, 7) is 6.57. The molecule has 0 spiro atoms. The number of ether oxygens (including phenoxy) is 5. The molecule has 0 fully saturated rings. The number of hydrogen-bond donors (Lipinski definition) is 2. The van der Waals surface area contributed by atoms with Crippen LogP contribution in [-0.4, -0.2) is 69.2 Å². The van der Waals surface area contributed by atoms with Crippen LogP contribution in [0.5, 0.6) is 17.2 Å². The fraction of sp³-hybridized carbons (Fsp3) is 0.811. The van der Waals surface area contributed by atoms with Crippen LogP contribution < -0.4 is 14.2 Å². The molecule has 7 nitrogen and oxygen atoms in total. The second-order valence-corrected chi connectivity index (χ2v) is 17.6. The highest BCUT2D eigenvalue weighted by Crippen LogP contribution is 2.41. The van der Waals surface area contributed by atoms with Crippen LogP contribution in [0.1, 0.15) is 219 Å². The Labute approximate surface area is 369 Å². The maximum Gasteiger partial charge on any atom is 0.169 e. The lowest BCUT2D eigenvalue weighted by molar-refractivity contribution is 0.0103. The summed E-state index contributed by atoms with van der Waals surface area (Å²) in [5.41, 5.74) is 0. The van der Waals surface area contributed by atoms with E-state index < -0.39 is 12.2 Å². The molecule has 2 aromatic rings. The van der Waals surface area contributed by atoms with Gasteiger partial charge in [0.25, 0.3) is 0 Å². The number of unbranched alkanes of at least 4 members (excludes halogenated alkanes) is 30. The molecule has 0 aromatic heterocycles. The molecule has 0 aliphatic heterocycles. The summed E-state index contributed by atoms with van der Waals surface area (Å²) in [4.78, 5) is 0. The Kier molecular flexibility index (Phi) is 35.8. The van der Waals surface area contributed by atoms with E-state index in [1.54, 1.807) is 13.2 Å². The molecule has 0 saturated carbocycles. The summed E-state index contributed by atoms with van der Waals surface area (Å²) in [7, 11) is 1.60. The Morgan fingerprint density at radius 1 is 0.400 bits per heavy atom.